The van der Waals surface area contributed by atoms with E-state index < -0.39 is 10.0 Å². The molecule has 1 heterocycles. The van der Waals surface area contributed by atoms with Gasteiger partial charge in [-0.05, 0) is 13.6 Å². The molecular formula is C9H19N5O2S. The monoisotopic (exact) mass is 261 g/mol. The van der Waals surface area contributed by atoms with Crippen molar-refractivity contribution in [2.75, 3.05) is 32.4 Å². The van der Waals surface area contributed by atoms with E-state index in [2.05, 4.69) is 9.71 Å². The lowest BCUT2D eigenvalue weighted by Crippen LogP contribution is -2.34. The first-order chi connectivity index (χ1) is 7.88. The molecule has 1 rings (SSSR count). The average molecular weight is 261 g/mol. The number of likely N-dealkylation sites (N-methyl/N-ethyl adjacent to an activating group) is 1. The van der Waals surface area contributed by atoms with Crippen LogP contribution in [0.5, 0.6) is 0 Å². The molecule has 0 saturated carbocycles. The fourth-order valence-corrected chi connectivity index (χ4v) is 2.61. The maximum Gasteiger partial charge on any atom is 0.260 e. The Kier molecular flexibility index (Phi) is 4.49. The first-order valence-corrected chi connectivity index (χ1v) is 6.81. The molecule has 3 N–H and O–H groups in total. The van der Waals surface area contributed by atoms with Gasteiger partial charge in [0.25, 0.3) is 10.0 Å². The van der Waals surface area contributed by atoms with Crippen LogP contribution in [0.2, 0.25) is 0 Å². The summed E-state index contributed by atoms with van der Waals surface area (Å²) in [5, 5.41) is 0.0108. The Labute approximate surface area is 102 Å². The highest BCUT2D eigenvalue weighted by atomic mass is 32.2. The zero-order valence-corrected chi connectivity index (χ0v) is 11.2. The maximum absolute atomic E-state index is 11.9. The Morgan fingerprint density at radius 3 is 2.71 bits per heavy atom. The third-order valence-corrected chi connectivity index (χ3v) is 4.08. The number of hydrogen-bond donors (Lipinski definition) is 2. The third-order valence-electron chi connectivity index (χ3n) is 2.49. The number of nitrogens with zero attached hydrogens (tertiary/aromatic N) is 3. The number of sulfonamides is 1. The predicted octanol–water partition coefficient (Wildman–Crippen LogP) is -0.768. The second kappa shape index (κ2) is 5.48. The van der Waals surface area contributed by atoms with Crippen molar-refractivity contribution in [3.63, 3.8) is 0 Å². The molecule has 1 aromatic rings. The molecule has 0 saturated heterocycles. The summed E-state index contributed by atoms with van der Waals surface area (Å²) in [5.41, 5.74) is 5.52. The van der Waals surface area contributed by atoms with Crippen molar-refractivity contribution in [3.8, 4) is 0 Å². The van der Waals surface area contributed by atoms with E-state index in [1.165, 1.54) is 10.9 Å². The van der Waals surface area contributed by atoms with Crippen molar-refractivity contribution >= 4 is 15.8 Å². The number of nitrogen functional groups attached to an aromatic ring is 1. The number of nitrogens with two attached hydrogens (primary N) is 1. The van der Waals surface area contributed by atoms with E-state index in [0.29, 0.717) is 13.1 Å². The van der Waals surface area contributed by atoms with E-state index in [1.54, 1.807) is 7.05 Å². The van der Waals surface area contributed by atoms with Crippen molar-refractivity contribution in [2.24, 2.45) is 7.05 Å². The van der Waals surface area contributed by atoms with Gasteiger partial charge in [0.1, 0.15) is 0 Å². The lowest BCUT2D eigenvalue weighted by molar-refractivity contribution is 0.357. The molecule has 0 bridgehead atoms. The van der Waals surface area contributed by atoms with Crippen molar-refractivity contribution in [1.29, 1.82) is 0 Å². The standard InChI is InChI=1S/C9H19N5O2S/c1-4-13(2)6-5-12-17(15,16)9-8(10)11-7-14(9)3/h7,12H,4-6,10H2,1-3H3. The molecule has 0 aromatic carbocycles. The van der Waals surface area contributed by atoms with Gasteiger partial charge in [0, 0.05) is 20.1 Å². The Bertz CT molecular complexity index is 448. The fraction of sp³-hybridized carbons (Fsp3) is 0.667. The van der Waals surface area contributed by atoms with Crippen LogP contribution in [0.3, 0.4) is 0 Å². The Morgan fingerprint density at radius 2 is 2.24 bits per heavy atom. The van der Waals surface area contributed by atoms with E-state index in [1.807, 2.05) is 18.9 Å². The molecule has 0 atom stereocenters. The van der Waals surface area contributed by atoms with Gasteiger partial charge < -0.3 is 15.2 Å². The molecule has 0 unspecified atom stereocenters. The minimum absolute atomic E-state index is 0.0108. The number of anilines is 1. The van der Waals surface area contributed by atoms with Crippen LogP contribution in [0.1, 0.15) is 6.92 Å². The molecular weight excluding hydrogens is 242 g/mol. The van der Waals surface area contributed by atoms with Crippen LogP contribution in [0.15, 0.2) is 11.4 Å². The lowest BCUT2D eigenvalue weighted by Gasteiger charge is -2.14. The van der Waals surface area contributed by atoms with Gasteiger partial charge in [0.05, 0.1) is 6.33 Å². The van der Waals surface area contributed by atoms with Crippen molar-refractivity contribution in [1.82, 2.24) is 19.2 Å². The number of hydrogen-bond acceptors (Lipinski definition) is 5. The number of nitrogens with one attached hydrogen (secondary N) is 1. The molecule has 0 spiro atoms. The molecule has 7 nitrogen and oxygen atoms in total. The van der Waals surface area contributed by atoms with E-state index in [4.69, 9.17) is 5.73 Å². The predicted molar refractivity (Wildman–Crippen MR) is 66.0 cm³/mol. The van der Waals surface area contributed by atoms with E-state index >= 15 is 0 Å². The zero-order chi connectivity index (χ0) is 13.1. The zero-order valence-electron chi connectivity index (χ0n) is 10.3. The molecule has 0 aliphatic heterocycles. The highest BCUT2D eigenvalue weighted by Crippen LogP contribution is 2.14. The normalized spacial score (nSPS) is 12.2. The summed E-state index contributed by atoms with van der Waals surface area (Å²) >= 11 is 0. The third kappa shape index (κ3) is 3.42. The molecule has 17 heavy (non-hydrogen) atoms. The molecule has 8 heteroatoms. The van der Waals surface area contributed by atoms with Gasteiger partial charge in [-0.25, -0.2) is 18.1 Å². The summed E-state index contributed by atoms with van der Waals surface area (Å²) in [7, 11) is -0.0667. The van der Waals surface area contributed by atoms with Crippen LogP contribution >= 0.6 is 0 Å². The summed E-state index contributed by atoms with van der Waals surface area (Å²) < 4.78 is 27.8. The lowest BCUT2D eigenvalue weighted by atomic mass is 10.5. The SMILES string of the molecule is CCN(C)CCNS(=O)(=O)c1c(N)ncn1C. The summed E-state index contributed by atoms with van der Waals surface area (Å²) in [6.45, 7) is 3.87. The summed E-state index contributed by atoms with van der Waals surface area (Å²) in [6, 6.07) is 0. The molecule has 0 aliphatic rings. The summed E-state index contributed by atoms with van der Waals surface area (Å²) in [4.78, 5) is 5.76. The second-order valence-corrected chi connectivity index (χ2v) is 5.52. The molecule has 0 aliphatic carbocycles. The van der Waals surface area contributed by atoms with Gasteiger partial charge in [-0.15, -0.1) is 0 Å². The smallest absolute Gasteiger partial charge is 0.260 e. The molecule has 0 fully saturated rings. The van der Waals surface area contributed by atoms with Crippen LogP contribution in [-0.2, 0) is 17.1 Å². The number of aromatic nitrogens is 2. The molecule has 0 radical (unpaired) electrons. The van der Waals surface area contributed by atoms with Crippen LogP contribution in [-0.4, -0.2) is 49.6 Å². The fourth-order valence-electron chi connectivity index (χ4n) is 1.36. The molecule has 0 amide bonds. The van der Waals surface area contributed by atoms with Gasteiger partial charge in [0.2, 0.25) is 0 Å². The van der Waals surface area contributed by atoms with E-state index in [0.717, 1.165) is 6.54 Å². The van der Waals surface area contributed by atoms with Crippen LogP contribution in [0.25, 0.3) is 0 Å². The topological polar surface area (TPSA) is 93.2 Å². The maximum atomic E-state index is 11.9. The van der Waals surface area contributed by atoms with Gasteiger partial charge >= 0.3 is 0 Å². The highest BCUT2D eigenvalue weighted by molar-refractivity contribution is 7.89. The summed E-state index contributed by atoms with van der Waals surface area (Å²) in [5.74, 6) is 0.0175. The van der Waals surface area contributed by atoms with Gasteiger partial charge in [0.15, 0.2) is 10.8 Å². The van der Waals surface area contributed by atoms with Gasteiger partial charge in [-0.1, -0.05) is 6.92 Å². The van der Waals surface area contributed by atoms with Crippen molar-refractivity contribution in [3.05, 3.63) is 6.33 Å². The quantitative estimate of drug-likeness (QED) is 0.701. The number of rotatable bonds is 6. The molecule has 98 valence electrons. The number of aryl methyl sites for hydroxylation is 1. The van der Waals surface area contributed by atoms with Crippen LogP contribution in [0, 0.1) is 0 Å². The number of imidazole rings is 1. The largest absolute Gasteiger partial charge is 0.381 e. The Hall–Kier alpha value is -1.12. The first-order valence-electron chi connectivity index (χ1n) is 5.33. The minimum Gasteiger partial charge on any atom is -0.381 e. The van der Waals surface area contributed by atoms with Gasteiger partial charge in [-0.2, -0.15) is 0 Å². The Morgan fingerprint density at radius 1 is 1.59 bits per heavy atom. The Balaban J connectivity index is 2.70. The highest BCUT2D eigenvalue weighted by Gasteiger charge is 2.21. The van der Waals surface area contributed by atoms with E-state index in [-0.39, 0.29) is 10.8 Å². The minimum atomic E-state index is -3.58. The second-order valence-electron chi connectivity index (χ2n) is 3.84. The van der Waals surface area contributed by atoms with Gasteiger partial charge in [-0.3, -0.25) is 0 Å². The van der Waals surface area contributed by atoms with Crippen molar-refractivity contribution in [2.45, 2.75) is 11.9 Å². The van der Waals surface area contributed by atoms with Crippen LogP contribution < -0.4 is 10.5 Å². The summed E-state index contributed by atoms with van der Waals surface area (Å²) in [6.07, 6.45) is 1.38. The molecule has 1 aromatic heterocycles. The van der Waals surface area contributed by atoms with Crippen molar-refractivity contribution < 1.29 is 8.42 Å². The first kappa shape index (κ1) is 13.9. The van der Waals surface area contributed by atoms with E-state index in [9.17, 15) is 8.42 Å². The van der Waals surface area contributed by atoms with Crippen LogP contribution in [0.4, 0.5) is 5.82 Å². The average Bonchev–Trinajstić information content (AvgIpc) is 2.58.